The fraction of sp³-hybridized carbons (Fsp3) is 0.333. The number of nitrogens with two attached hydrogens (primary N) is 1. The van der Waals surface area contributed by atoms with Gasteiger partial charge in [-0.3, -0.25) is 9.59 Å². The summed E-state index contributed by atoms with van der Waals surface area (Å²) in [6, 6.07) is 16.4. The predicted octanol–water partition coefficient (Wildman–Crippen LogP) is 3.52. The fourth-order valence-corrected chi connectivity index (χ4v) is 3.84. The van der Waals surface area contributed by atoms with E-state index >= 15 is 0 Å². The van der Waals surface area contributed by atoms with Gasteiger partial charge in [-0.15, -0.1) is 0 Å². The maximum absolute atomic E-state index is 13.0. The number of carbonyl (C=O) groups is 2. The number of hydrogen-bond acceptors (Lipinski definition) is 3. The minimum Gasteiger partial charge on any atom is -0.493 e. The minimum absolute atomic E-state index is 0.131. The molecule has 0 saturated carbocycles. The maximum atomic E-state index is 13.0. The number of piperidine rings is 1. The molecule has 0 spiro atoms. The van der Waals surface area contributed by atoms with Gasteiger partial charge in [-0.2, -0.15) is 0 Å². The van der Waals surface area contributed by atoms with E-state index in [1.165, 1.54) is 0 Å². The first kappa shape index (κ1) is 19.2. The molecular weight excluding hydrogens is 364 g/mol. The highest BCUT2D eigenvalue weighted by atomic mass is 35.5. The number of para-hydroxylation sites is 1. The monoisotopic (exact) mass is 386 g/mol. The van der Waals surface area contributed by atoms with Crippen LogP contribution in [0.25, 0.3) is 0 Å². The summed E-state index contributed by atoms with van der Waals surface area (Å²) in [5.41, 5.74) is 5.48. The summed E-state index contributed by atoms with van der Waals surface area (Å²) in [6.45, 7) is 1.36. The third-order valence-corrected chi connectivity index (χ3v) is 5.22. The molecule has 3 rings (SSSR count). The Morgan fingerprint density at radius 2 is 1.81 bits per heavy atom. The van der Waals surface area contributed by atoms with E-state index in [2.05, 4.69) is 0 Å². The Hall–Kier alpha value is -2.53. The molecular formula is C21H23ClN2O3. The molecule has 142 valence electrons. The van der Waals surface area contributed by atoms with Crippen LogP contribution >= 0.6 is 11.6 Å². The van der Waals surface area contributed by atoms with Crippen molar-refractivity contribution < 1.29 is 14.3 Å². The van der Waals surface area contributed by atoms with Gasteiger partial charge in [0.1, 0.15) is 5.75 Å². The van der Waals surface area contributed by atoms with Crippen molar-refractivity contribution in [1.29, 1.82) is 0 Å². The largest absolute Gasteiger partial charge is 0.493 e. The number of halogens is 1. The highest BCUT2D eigenvalue weighted by Crippen LogP contribution is 2.35. The Morgan fingerprint density at radius 1 is 1.11 bits per heavy atom. The number of primary amides is 1. The smallest absolute Gasteiger partial charge is 0.255 e. The molecule has 0 aromatic heterocycles. The molecule has 6 heteroatoms. The van der Waals surface area contributed by atoms with Crippen LogP contribution in [0.5, 0.6) is 5.75 Å². The summed E-state index contributed by atoms with van der Waals surface area (Å²) < 4.78 is 5.94. The lowest BCUT2D eigenvalue weighted by atomic mass is 9.77. The first-order chi connectivity index (χ1) is 13.0. The summed E-state index contributed by atoms with van der Waals surface area (Å²) in [7, 11) is 0. The average Bonchev–Trinajstić information content (AvgIpc) is 2.67. The Labute approximate surface area is 164 Å². The van der Waals surface area contributed by atoms with Gasteiger partial charge < -0.3 is 15.4 Å². The van der Waals surface area contributed by atoms with Crippen molar-refractivity contribution in [3.8, 4) is 5.75 Å². The molecule has 0 bridgehead atoms. The summed E-state index contributed by atoms with van der Waals surface area (Å²) in [4.78, 5) is 26.4. The molecule has 1 fully saturated rings. The number of likely N-dealkylation sites (tertiary alicyclic amines) is 1. The van der Waals surface area contributed by atoms with Gasteiger partial charge in [-0.25, -0.2) is 0 Å². The van der Waals surface area contributed by atoms with Gasteiger partial charge in [0, 0.05) is 24.9 Å². The first-order valence-corrected chi connectivity index (χ1v) is 9.37. The van der Waals surface area contributed by atoms with E-state index in [4.69, 9.17) is 22.1 Å². The molecule has 2 N–H and O–H groups in total. The van der Waals surface area contributed by atoms with Gasteiger partial charge in [-0.1, -0.05) is 41.9 Å². The molecule has 1 atom stereocenters. The zero-order valence-corrected chi connectivity index (χ0v) is 15.8. The summed E-state index contributed by atoms with van der Waals surface area (Å²) in [5, 5.41) is 0.425. The second kappa shape index (κ2) is 8.44. The standard InChI is InChI=1S/C21H23ClN2O3/c22-18-10-5-4-9-17(18)20(26)24-12-6-11-21(14-24,13-19(23)25)15-27-16-7-2-1-3-8-16/h1-5,7-10H,6,11-15H2,(H2,23,25)/t21-/m0/s1. The molecule has 1 saturated heterocycles. The van der Waals surface area contributed by atoms with Crippen LogP contribution in [0.1, 0.15) is 29.6 Å². The maximum Gasteiger partial charge on any atom is 0.255 e. The molecule has 5 nitrogen and oxygen atoms in total. The van der Waals surface area contributed by atoms with Crippen molar-refractivity contribution in [2.75, 3.05) is 19.7 Å². The van der Waals surface area contributed by atoms with E-state index in [0.29, 0.717) is 30.3 Å². The SMILES string of the molecule is NC(=O)C[C@@]1(COc2ccccc2)CCCN(C(=O)c2ccccc2Cl)C1. The third-order valence-electron chi connectivity index (χ3n) is 4.89. The van der Waals surface area contributed by atoms with Crippen LogP contribution in [0.3, 0.4) is 0 Å². The Morgan fingerprint density at radius 3 is 2.52 bits per heavy atom. The van der Waals surface area contributed by atoms with Crippen molar-refractivity contribution in [3.05, 3.63) is 65.2 Å². The van der Waals surface area contributed by atoms with Crippen LogP contribution in [-0.4, -0.2) is 36.4 Å². The first-order valence-electron chi connectivity index (χ1n) is 8.99. The summed E-state index contributed by atoms with van der Waals surface area (Å²) in [5.74, 6) is 0.212. The van der Waals surface area contributed by atoms with Crippen molar-refractivity contribution in [2.24, 2.45) is 11.1 Å². The molecule has 0 radical (unpaired) electrons. The van der Waals surface area contributed by atoms with Crippen molar-refractivity contribution in [3.63, 3.8) is 0 Å². The van der Waals surface area contributed by atoms with Crippen molar-refractivity contribution in [2.45, 2.75) is 19.3 Å². The van der Waals surface area contributed by atoms with Crippen molar-refractivity contribution >= 4 is 23.4 Å². The lowest BCUT2D eigenvalue weighted by Gasteiger charge is -2.42. The number of amides is 2. The van der Waals surface area contributed by atoms with Crippen LogP contribution in [-0.2, 0) is 4.79 Å². The normalized spacial score (nSPS) is 19.5. The van der Waals surface area contributed by atoms with E-state index in [1.54, 1.807) is 29.2 Å². The minimum atomic E-state index is -0.503. The van der Waals surface area contributed by atoms with Crippen LogP contribution in [0.2, 0.25) is 5.02 Å². The highest BCUT2D eigenvalue weighted by Gasteiger charge is 2.39. The van der Waals surface area contributed by atoms with Gasteiger partial charge >= 0.3 is 0 Å². The number of rotatable bonds is 6. The number of hydrogen-bond donors (Lipinski definition) is 1. The number of carbonyl (C=O) groups excluding carboxylic acids is 2. The second-order valence-electron chi connectivity index (χ2n) is 7.05. The number of nitrogens with zero attached hydrogens (tertiary/aromatic N) is 1. The van der Waals surface area contributed by atoms with E-state index in [0.717, 1.165) is 18.6 Å². The van der Waals surface area contributed by atoms with Crippen LogP contribution in [0.15, 0.2) is 54.6 Å². The van der Waals surface area contributed by atoms with Crippen LogP contribution < -0.4 is 10.5 Å². The fourth-order valence-electron chi connectivity index (χ4n) is 3.62. The van der Waals surface area contributed by atoms with Crippen molar-refractivity contribution in [1.82, 2.24) is 4.90 Å². The summed E-state index contributed by atoms with van der Waals surface area (Å²) in [6.07, 6.45) is 1.73. The lowest BCUT2D eigenvalue weighted by Crippen LogP contribution is -2.50. The zero-order valence-electron chi connectivity index (χ0n) is 15.1. The second-order valence-corrected chi connectivity index (χ2v) is 7.46. The molecule has 1 aliphatic heterocycles. The lowest BCUT2D eigenvalue weighted by molar-refractivity contribution is -0.122. The van der Waals surface area contributed by atoms with Gasteiger partial charge in [0.2, 0.25) is 5.91 Å². The number of ether oxygens (including phenoxy) is 1. The molecule has 0 aliphatic carbocycles. The molecule has 2 aromatic carbocycles. The van der Waals surface area contributed by atoms with Gasteiger partial charge in [0.05, 0.1) is 17.2 Å². The van der Waals surface area contributed by atoms with Gasteiger partial charge in [0.15, 0.2) is 0 Å². The van der Waals surface area contributed by atoms with Crippen LogP contribution in [0.4, 0.5) is 0 Å². The molecule has 27 heavy (non-hydrogen) atoms. The molecule has 2 aromatic rings. The Balaban J connectivity index is 1.78. The third kappa shape index (κ3) is 4.80. The highest BCUT2D eigenvalue weighted by molar-refractivity contribution is 6.33. The topological polar surface area (TPSA) is 72.6 Å². The Kier molecular flexibility index (Phi) is 6.01. The van der Waals surface area contributed by atoms with E-state index < -0.39 is 11.3 Å². The van der Waals surface area contributed by atoms with Crippen LogP contribution in [0, 0.1) is 5.41 Å². The zero-order chi connectivity index (χ0) is 19.3. The average molecular weight is 387 g/mol. The van der Waals surface area contributed by atoms with E-state index in [9.17, 15) is 9.59 Å². The molecule has 0 unspecified atom stereocenters. The molecule has 1 aliphatic rings. The quantitative estimate of drug-likeness (QED) is 0.825. The number of benzene rings is 2. The summed E-state index contributed by atoms with van der Waals surface area (Å²) >= 11 is 6.19. The molecule has 2 amide bonds. The Bertz CT molecular complexity index is 812. The predicted molar refractivity (Wildman–Crippen MR) is 105 cm³/mol. The molecule has 1 heterocycles. The van der Waals surface area contributed by atoms with Gasteiger partial charge in [-0.05, 0) is 37.1 Å². The van der Waals surface area contributed by atoms with Gasteiger partial charge in [0.25, 0.3) is 5.91 Å². The van der Waals surface area contributed by atoms with E-state index in [1.807, 2.05) is 30.3 Å². The van der Waals surface area contributed by atoms with E-state index in [-0.39, 0.29) is 12.3 Å².